The van der Waals surface area contributed by atoms with Crippen LogP contribution in [0.25, 0.3) is 0 Å². The van der Waals surface area contributed by atoms with Gasteiger partial charge in [0.1, 0.15) is 28.9 Å². The maximum Gasteiger partial charge on any atom is 0.312 e. The first kappa shape index (κ1) is 24.1. The number of fused-ring (bicyclic) bond motifs is 1. The van der Waals surface area contributed by atoms with Crippen LogP contribution in [0, 0.1) is 5.92 Å². The molecular formula is C29H28N2O7. The lowest BCUT2D eigenvalue weighted by atomic mass is 9.68. The Morgan fingerprint density at radius 1 is 0.974 bits per heavy atom. The Balaban J connectivity index is 1.78. The summed E-state index contributed by atoms with van der Waals surface area (Å²) >= 11 is 0. The highest BCUT2D eigenvalue weighted by atomic mass is 16.5. The van der Waals surface area contributed by atoms with Gasteiger partial charge in [0.25, 0.3) is 0 Å². The molecule has 5 atom stereocenters. The number of hydrogen-bond acceptors (Lipinski definition) is 8. The summed E-state index contributed by atoms with van der Waals surface area (Å²) in [5.74, 6) is -1.16. The molecule has 2 aliphatic heterocycles. The Labute approximate surface area is 219 Å². The zero-order valence-corrected chi connectivity index (χ0v) is 21.4. The quantitative estimate of drug-likeness (QED) is 0.456. The van der Waals surface area contributed by atoms with Gasteiger partial charge in [-0.15, -0.1) is 0 Å². The number of rotatable bonds is 6. The molecule has 0 amide bonds. The van der Waals surface area contributed by atoms with Crippen LogP contribution in [0.15, 0.2) is 71.7 Å². The van der Waals surface area contributed by atoms with E-state index in [2.05, 4.69) is 10.3 Å². The number of aliphatic imine (C=N–C) groups is 1. The summed E-state index contributed by atoms with van der Waals surface area (Å²) in [4.78, 5) is 17.7. The molecule has 0 saturated heterocycles. The fraction of sp³-hybridized carbons (Fsp3) is 0.310. The zero-order chi connectivity index (χ0) is 26.9. The highest BCUT2D eigenvalue weighted by Crippen LogP contribution is 2.74. The molecule has 9 nitrogen and oxygen atoms in total. The van der Waals surface area contributed by atoms with Crippen molar-refractivity contribution in [1.29, 1.82) is 0 Å². The van der Waals surface area contributed by atoms with Gasteiger partial charge in [-0.2, -0.15) is 0 Å². The molecule has 3 aromatic carbocycles. The third kappa shape index (κ3) is 2.74. The fourth-order valence-electron chi connectivity index (χ4n) is 6.84. The number of carboxylic acid groups (broad SMARTS) is 1. The molecule has 3 aromatic rings. The molecule has 0 aromatic heterocycles. The van der Waals surface area contributed by atoms with E-state index < -0.39 is 34.7 Å². The maximum atomic E-state index is 13.1. The van der Waals surface area contributed by atoms with Crippen LogP contribution >= 0.6 is 0 Å². The monoisotopic (exact) mass is 516 g/mol. The number of hydrogen-bond donors (Lipinski definition) is 3. The van der Waals surface area contributed by atoms with Crippen LogP contribution in [-0.4, -0.2) is 49.1 Å². The zero-order valence-electron chi connectivity index (χ0n) is 21.4. The second kappa shape index (κ2) is 8.13. The first-order valence-corrected chi connectivity index (χ1v) is 12.2. The van der Waals surface area contributed by atoms with E-state index in [-0.39, 0.29) is 0 Å². The second-order valence-electron chi connectivity index (χ2n) is 9.77. The predicted molar refractivity (Wildman–Crippen MR) is 138 cm³/mol. The average Bonchev–Trinajstić information content (AvgIpc) is 3.43. The molecule has 9 heteroatoms. The molecule has 38 heavy (non-hydrogen) atoms. The molecule has 0 bridgehead atoms. The Morgan fingerprint density at radius 2 is 1.66 bits per heavy atom. The molecule has 1 saturated carbocycles. The van der Waals surface area contributed by atoms with Gasteiger partial charge < -0.3 is 34.5 Å². The highest BCUT2D eigenvalue weighted by Gasteiger charge is 2.86. The largest absolute Gasteiger partial charge is 0.497 e. The molecule has 0 radical (unpaired) electrons. The number of methoxy groups -OCH3 is 3. The number of carboxylic acids is 1. The van der Waals surface area contributed by atoms with Crippen molar-refractivity contribution in [3.05, 3.63) is 83.4 Å². The van der Waals surface area contributed by atoms with Gasteiger partial charge in [0.15, 0.2) is 11.1 Å². The van der Waals surface area contributed by atoms with E-state index in [0.29, 0.717) is 45.5 Å². The lowest BCUT2D eigenvalue weighted by molar-refractivity contribution is -0.153. The second-order valence-corrected chi connectivity index (χ2v) is 9.77. The van der Waals surface area contributed by atoms with E-state index in [4.69, 9.17) is 18.9 Å². The minimum absolute atomic E-state index is 0.378. The van der Waals surface area contributed by atoms with E-state index in [1.807, 2.05) is 42.5 Å². The Hall–Kier alpha value is -4.24. The van der Waals surface area contributed by atoms with Crippen molar-refractivity contribution in [2.24, 2.45) is 10.9 Å². The van der Waals surface area contributed by atoms with Gasteiger partial charge in [0.2, 0.25) is 5.72 Å². The van der Waals surface area contributed by atoms with E-state index in [1.165, 1.54) is 7.11 Å². The van der Waals surface area contributed by atoms with Crippen molar-refractivity contribution in [3.8, 4) is 23.0 Å². The molecule has 3 N–H and O–H groups in total. The van der Waals surface area contributed by atoms with Crippen molar-refractivity contribution in [3.63, 3.8) is 0 Å². The number of nitrogens with one attached hydrogen (secondary N) is 1. The molecule has 3 aliphatic rings. The Kier molecular flexibility index (Phi) is 5.16. The lowest BCUT2D eigenvalue weighted by Gasteiger charge is -2.44. The average molecular weight is 517 g/mol. The predicted octanol–water partition coefficient (Wildman–Crippen LogP) is 3.40. The van der Waals surface area contributed by atoms with Crippen LogP contribution < -0.4 is 24.3 Å². The lowest BCUT2D eigenvalue weighted by Crippen LogP contribution is -2.63. The third-order valence-corrected chi connectivity index (χ3v) is 8.11. The van der Waals surface area contributed by atoms with Gasteiger partial charge in [-0.3, -0.25) is 4.79 Å². The van der Waals surface area contributed by atoms with Crippen molar-refractivity contribution in [2.75, 3.05) is 21.3 Å². The molecule has 0 unspecified atom stereocenters. The minimum Gasteiger partial charge on any atom is -0.497 e. The van der Waals surface area contributed by atoms with Crippen molar-refractivity contribution >= 4 is 11.8 Å². The van der Waals surface area contributed by atoms with Crippen molar-refractivity contribution in [2.45, 2.75) is 29.7 Å². The van der Waals surface area contributed by atoms with E-state index in [0.717, 1.165) is 0 Å². The van der Waals surface area contributed by atoms with Gasteiger partial charge in [0, 0.05) is 18.1 Å². The number of carbonyl (C=O) groups is 1. The van der Waals surface area contributed by atoms with Crippen LogP contribution in [0.4, 0.5) is 0 Å². The topological polar surface area (TPSA) is 119 Å². The number of aliphatic hydroxyl groups is 1. The molecular weight excluding hydrogens is 488 g/mol. The molecule has 1 aliphatic carbocycles. The van der Waals surface area contributed by atoms with E-state index in [1.54, 1.807) is 45.4 Å². The molecule has 196 valence electrons. The highest BCUT2D eigenvalue weighted by molar-refractivity contribution is 5.89. The van der Waals surface area contributed by atoms with Crippen LogP contribution in [0.5, 0.6) is 23.0 Å². The number of amidine groups is 1. The third-order valence-electron chi connectivity index (χ3n) is 8.11. The number of aliphatic carboxylic acids is 1. The van der Waals surface area contributed by atoms with Gasteiger partial charge in [-0.1, -0.05) is 42.5 Å². The van der Waals surface area contributed by atoms with Crippen LogP contribution in [0.3, 0.4) is 0 Å². The smallest absolute Gasteiger partial charge is 0.312 e. The maximum absolute atomic E-state index is 13.1. The first-order chi connectivity index (χ1) is 18.3. The Bertz CT molecular complexity index is 1460. The minimum atomic E-state index is -2.14. The van der Waals surface area contributed by atoms with E-state index in [9.17, 15) is 15.0 Å². The molecule has 1 spiro atoms. The van der Waals surface area contributed by atoms with Crippen LogP contribution in [0.2, 0.25) is 0 Å². The van der Waals surface area contributed by atoms with Gasteiger partial charge >= 0.3 is 5.97 Å². The van der Waals surface area contributed by atoms with Gasteiger partial charge in [-0.05, 0) is 30.2 Å². The fourth-order valence-corrected chi connectivity index (χ4v) is 6.84. The summed E-state index contributed by atoms with van der Waals surface area (Å²) in [6.45, 7) is 1.70. The molecule has 6 rings (SSSR count). The van der Waals surface area contributed by atoms with Crippen LogP contribution in [-0.2, 0) is 15.9 Å². The standard InChI is InChI=1S/C29H28N2O7/c1-16-30-28-24-21(37-4)14-20(36-3)15-22(24)38-27(28,18-10-12-19(35-2)13-11-18)23(17-8-6-5-7-9-17)25(26(32)33)29(28,34)31-16/h5-15,23,25,34H,1-4H3,(H,30,31)(H,32,33)/t23-,25+,27+,28-,29-/m1/s1. The number of nitrogens with zero attached hydrogens (tertiary/aromatic N) is 1. The molecule has 2 heterocycles. The SMILES string of the molecule is COc1ccc([C@@]23Oc4cc(OC)cc(OC)c4[C@@]24NC(C)=N[C@@]4(O)[C@H](C(=O)O)[C@H]3c2ccccc2)cc1. The summed E-state index contributed by atoms with van der Waals surface area (Å²) in [5, 5.41) is 26.7. The van der Waals surface area contributed by atoms with E-state index >= 15 is 0 Å². The summed E-state index contributed by atoms with van der Waals surface area (Å²) in [6.07, 6.45) is 0. The van der Waals surface area contributed by atoms with Gasteiger partial charge in [-0.25, -0.2) is 4.99 Å². The Morgan fingerprint density at radius 3 is 2.26 bits per heavy atom. The number of benzene rings is 3. The summed E-state index contributed by atoms with van der Waals surface area (Å²) in [7, 11) is 4.63. The number of ether oxygens (including phenoxy) is 4. The summed E-state index contributed by atoms with van der Waals surface area (Å²) in [5.41, 5.74) is -3.37. The van der Waals surface area contributed by atoms with Crippen molar-refractivity contribution < 1.29 is 34.0 Å². The normalized spacial score (nSPS) is 30.3. The van der Waals surface area contributed by atoms with Crippen molar-refractivity contribution in [1.82, 2.24) is 5.32 Å². The summed E-state index contributed by atoms with van der Waals surface area (Å²) in [6, 6.07) is 19.9. The molecule has 1 fully saturated rings. The van der Waals surface area contributed by atoms with Gasteiger partial charge in [0.05, 0.1) is 32.7 Å². The first-order valence-electron chi connectivity index (χ1n) is 12.2. The van der Waals surface area contributed by atoms with Crippen LogP contribution in [0.1, 0.15) is 29.5 Å². The summed E-state index contributed by atoms with van der Waals surface area (Å²) < 4.78 is 23.7.